The lowest BCUT2D eigenvalue weighted by Crippen LogP contribution is -2.10. The van der Waals surface area contributed by atoms with Gasteiger partial charge in [-0.3, -0.25) is 0 Å². The Balaban J connectivity index is 1.02. The fourth-order valence-electron chi connectivity index (χ4n) is 9.34. The van der Waals surface area contributed by atoms with Crippen LogP contribution in [0.3, 0.4) is 0 Å². The molecule has 0 atom stereocenters. The molecule has 0 aliphatic carbocycles. The van der Waals surface area contributed by atoms with Crippen molar-refractivity contribution in [2.75, 3.05) is 4.90 Å². The van der Waals surface area contributed by atoms with Gasteiger partial charge >= 0.3 is 0 Å². The monoisotopic (exact) mass is 778 g/mol. The minimum atomic E-state index is 0.886. The van der Waals surface area contributed by atoms with Gasteiger partial charge in [0.05, 0.1) is 11.0 Å². The molecule has 0 unspecified atom stereocenters. The van der Waals surface area contributed by atoms with Gasteiger partial charge in [0.1, 0.15) is 11.2 Å². The normalized spacial score (nSPS) is 11.6. The highest BCUT2D eigenvalue weighted by Gasteiger charge is 2.19. The van der Waals surface area contributed by atoms with E-state index >= 15 is 0 Å². The summed E-state index contributed by atoms with van der Waals surface area (Å²) < 4.78 is 9.01. The molecule has 0 aliphatic heterocycles. The highest BCUT2D eigenvalue weighted by atomic mass is 16.3. The lowest BCUT2D eigenvalue weighted by atomic mass is 9.97. The van der Waals surface area contributed by atoms with Crippen molar-refractivity contribution >= 4 is 71.6 Å². The van der Waals surface area contributed by atoms with Crippen molar-refractivity contribution in [2.24, 2.45) is 0 Å². The first-order valence-corrected chi connectivity index (χ1v) is 20.8. The molecule has 0 saturated carbocycles. The van der Waals surface area contributed by atoms with Gasteiger partial charge in [0.25, 0.3) is 0 Å². The number of para-hydroxylation sites is 2. The topological polar surface area (TPSA) is 21.3 Å². The quantitative estimate of drug-likeness (QED) is 0.161. The van der Waals surface area contributed by atoms with Gasteiger partial charge in [0, 0.05) is 49.7 Å². The third-order valence-corrected chi connectivity index (χ3v) is 12.2. The summed E-state index contributed by atoms with van der Waals surface area (Å²) in [6.45, 7) is 0. The van der Waals surface area contributed by atoms with E-state index in [4.69, 9.17) is 4.42 Å². The second kappa shape index (κ2) is 14.3. The largest absolute Gasteiger partial charge is 0.455 e. The number of aromatic nitrogens is 1. The lowest BCUT2D eigenvalue weighted by molar-refractivity contribution is 0.673. The van der Waals surface area contributed by atoms with E-state index in [-0.39, 0.29) is 0 Å². The maximum atomic E-state index is 6.62. The summed E-state index contributed by atoms with van der Waals surface area (Å²) in [6.07, 6.45) is 0. The van der Waals surface area contributed by atoms with Crippen molar-refractivity contribution in [2.45, 2.75) is 0 Å². The van der Waals surface area contributed by atoms with Gasteiger partial charge in [0.2, 0.25) is 0 Å². The first-order chi connectivity index (χ1) is 30.2. The van der Waals surface area contributed by atoms with Crippen LogP contribution in [-0.4, -0.2) is 4.57 Å². The molecule has 10 aromatic carbocycles. The van der Waals surface area contributed by atoms with Crippen molar-refractivity contribution in [1.82, 2.24) is 4.57 Å². The Morgan fingerprint density at radius 1 is 0.344 bits per heavy atom. The Morgan fingerprint density at radius 2 is 0.934 bits per heavy atom. The highest BCUT2D eigenvalue weighted by Crippen LogP contribution is 2.43. The zero-order valence-electron chi connectivity index (χ0n) is 33.2. The fraction of sp³-hybridized carbons (Fsp3) is 0. The molecule has 0 aliphatic rings. The molecule has 0 amide bonds. The molecular formula is C58H38N2O. The summed E-state index contributed by atoms with van der Waals surface area (Å²) in [6, 6.07) is 82.9. The molecule has 0 radical (unpaired) electrons. The molecule has 2 heterocycles. The van der Waals surface area contributed by atoms with Gasteiger partial charge in [-0.05, 0) is 112 Å². The van der Waals surface area contributed by atoms with Gasteiger partial charge in [-0.25, -0.2) is 0 Å². The van der Waals surface area contributed by atoms with Gasteiger partial charge in [-0.2, -0.15) is 0 Å². The van der Waals surface area contributed by atoms with E-state index < -0.39 is 0 Å². The Hall–Kier alpha value is -8.14. The average molecular weight is 779 g/mol. The van der Waals surface area contributed by atoms with E-state index in [9.17, 15) is 0 Å². The van der Waals surface area contributed by atoms with Crippen LogP contribution in [0.25, 0.3) is 93.6 Å². The molecule has 0 spiro atoms. The standard InChI is InChI=1S/C58H38N2O/c1-2-14-39(15-3-1)42-17-10-18-43(36-42)40-30-33-45(34-31-40)59(47-21-12-22-48(38-47)60-54-27-8-6-24-51(54)52-25-7-9-28-55(52)60)46-20-11-19-44(37-46)49-26-13-29-56-57(49)53-35-32-41-16-4-5-23-50(41)58(53)61-56/h1-38H. The highest BCUT2D eigenvalue weighted by molar-refractivity contribution is 6.19. The molecule has 286 valence electrons. The number of benzene rings is 10. The summed E-state index contributed by atoms with van der Waals surface area (Å²) >= 11 is 0. The molecule has 0 fully saturated rings. The first-order valence-electron chi connectivity index (χ1n) is 20.8. The fourth-order valence-corrected chi connectivity index (χ4v) is 9.34. The number of hydrogen-bond donors (Lipinski definition) is 0. The Morgan fingerprint density at radius 3 is 1.70 bits per heavy atom. The molecule has 0 N–H and O–H groups in total. The van der Waals surface area contributed by atoms with Crippen molar-refractivity contribution in [3.63, 3.8) is 0 Å². The number of hydrogen-bond acceptors (Lipinski definition) is 2. The van der Waals surface area contributed by atoms with Crippen molar-refractivity contribution < 1.29 is 4.42 Å². The van der Waals surface area contributed by atoms with Crippen LogP contribution in [0.4, 0.5) is 17.1 Å². The molecule has 2 aromatic heterocycles. The van der Waals surface area contributed by atoms with Crippen molar-refractivity contribution in [3.05, 3.63) is 231 Å². The van der Waals surface area contributed by atoms with Crippen LogP contribution in [0.5, 0.6) is 0 Å². The predicted molar refractivity (Wildman–Crippen MR) is 257 cm³/mol. The lowest BCUT2D eigenvalue weighted by Gasteiger charge is -2.27. The second-order valence-electron chi connectivity index (χ2n) is 15.7. The zero-order valence-corrected chi connectivity index (χ0v) is 33.2. The first kappa shape index (κ1) is 34.9. The van der Waals surface area contributed by atoms with E-state index in [0.29, 0.717) is 0 Å². The summed E-state index contributed by atoms with van der Waals surface area (Å²) in [5.41, 5.74) is 15.5. The average Bonchev–Trinajstić information content (AvgIpc) is 3.89. The van der Waals surface area contributed by atoms with Gasteiger partial charge in [0.15, 0.2) is 0 Å². The van der Waals surface area contributed by atoms with Crippen LogP contribution in [0.2, 0.25) is 0 Å². The summed E-state index contributed by atoms with van der Waals surface area (Å²) in [5.74, 6) is 0. The van der Waals surface area contributed by atoms with E-state index in [0.717, 1.165) is 61.2 Å². The number of furan rings is 1. The molecule has 0 saturated heterocycles. The summed E-state index contributed by atoms with van der Waals surface area (Å²) in [7, 11) is 0. The van der Waals surface area contributed by atoms with E-state index in [2.05, 4.69) is 240 Å². The maximum absolute atomic E-state index is 6.62. The van der Waals surface area contributed by atoms with E-state index in [1.807, 2.05) is 0 Å². The van der Waals surface area contributed by atoms with Crippen LogP contribution in [-0.2, 0) is 0 Å². The number of fused-ring (bicyclic) bond motifs is 8. The second-order valence-corrected chi connectivity index (χ2v) is 15.7. The molecule has 0 bridgehead atoms. The summed E-state index contributed by atoms with van der Waals surface area (Å²) in [5, 5.41) is 7.04. The van der Waals surface area contributed by atoms with Gasteiger partial charge in [-0.1, -0.05) is 158 Å². The molecule has 12 aromatic rings. The van der Waals surface area contributed by atoms with Crippen LogP contribution in [0.15, 0.2) is 235 Å². The maximum Gasteiger partial charge on any atom is 0.143 e. The molecular weight excluding hydrogens is 741 g/mol. The Bertz CT molecular complexity index is 3540. The Labute approximate surface area is 353 Å². The predicted octanol–water partition coefficient (Wildman–Crippen LogP) is 16.3. The summed E-state index contributed by atoms with van der Waals surface area (Å²) in [4.78, 5) is 2.38. The third-order valence-electron chi connectivity index (χ3n) is 12.2. The molecule has 3 nitrogen and oxygen atoms in total. The third kappa shape index (κ3) is 5.90. The smallest absolute Gasteiger partial charge is 0.143 e. The van der Waals surface area contributed by atoms with E-state index in [1.165, 1.54) is 49.4 Å². The number of nitrogens with zero attached hydrogens (tertiary/aromatic N) is 2. The van der Waals surface area contributed by atoms with Gasteiger partial charge in [-0.15, -0.1) is 0 Å². The minimum Gasteiger partial charge on any atom is -0.455 e. The molecule has 61 heavy (non-hydrogen) atoms. The van der Waals surface area contributed by atoms with Crippen molar-refractivity contribution in [1.29, 1.82) is 0 Å². The number of anilines is 3. The molecule has 3 heteroatoms. The number of rotatable bonds is 7. The van der Waals surface area contributed by atoms with Crippen LogP contribution < -0.4 is 4.90 Å². The van der Waals surface area contributed by atoms with Gasteiger partial charge < -0.3 is 13.9 Å². The Kier molecular flexibility index (Phi) is 8.17. The minimum absolute atomic E-state index is 0.886. The van der Waals surface area contributed by atoms with Crippen molar-refractivity contribution in [3.8, 4) is 39.1 Å². The zero-order chi connectivity index (χ0) is 40.3. The molecule has 12 rings (SSSR count). The van der Waals surface area contributed by atoms with Crippen LogP contribution >= 0.6 is 0 Å². The van der Waals surface area contributed by atoms with Crippen LogP contribution in [0.1, 0.15) is 0 Å². The van der Waals surface area contributed by atoms with Crippen LogP contribution in [0, 0.1) is 0 Å². The SMILES string of the molecule is c1ccc(-c2cccc(-c3ccc(N(c4cccc(-c5cccc6oc7c8ccccc8ccc7c56)c4)c4cccc(-n5c6ccccc6c6ccccc65)c4)cc3)c2)cc1. The van der Waals surface area contributed by atoms with E-state index in [1.54, 1.807) is 0 Å².